The second kappa shape index (κ2) is 6.94. The number of fused-ring (bicyclic) bond motifs is 1. The van der Waals surface area contributed by atoms with E-state index in [2.05, 4.69) is 0 Å². The van der Waals surface area contributed by atoms with E-state index in [-0.39, 0.29) is 6.10 Å². The minimum absolute atomic E-state index is 0.0474. The van der Waals surface area contributed by atoms with Gasteiger partial charge in [0.15, 0.2) is 11.5 Å². The smallest absolute Gasteiger partial charge is 0.345 e. The van der Waals surface area contributed by atoms with Crippen LogP contribution in [0, 0.1) is 0 Å². The van der Waals surface area contributed by atoms with Crippen molar-refractivity contribution in [1.82, 2.24) is 4.98 Å². The van der Waals surface area contributed by atoms with Crippen LogP contribution in [0.4, 0.5) is 0 Å². The van der Waals surface area contributed by atoms with Gasteiger partial charge in [-0.15, -0.1) is 34.4 Å². The number of benzene rings is 1. The molecular weight excluding hydrogens is 390 g/mol. The van der Waals surface area contributed by atoms with Gasteiger partial charge in [0.2, 0.25) is 0 Å². The number of thioether (sulfide) groups is 1. The van der Waals surface area contributed by atoms with Crippen LogP contribution in [-0.4, -0.2) is 35.0 Å². The Morgan fingerprint density at radius 3 is 2.96 bits per heavy atom. The Morgan fingerprint density at radius 1 is 1.35 bits per heavy atom. The molecule has 1 N–H and O–H groups in total. The summed E-state index contributed by atoms with van der Waals surface area (Å²) < 4.78 is 12.4. The molecule has 0 fully saturated rings. The van der Waals surface area contributed by atoms with Gasteiger partial charge in [-0.3, -0.25) is 0 Å². The molecule has 1 aromatic carbocycles. The fourth-order valence-electron chi connectivity index (χ4n) is 2.65. The van der Waals surface area contributed by atoms with Crippen molar-refractivity contribution in [2.45, 2.75) is 17.2 Å². The van der Waals surface area contributed by atoms with Gasteiger partial charge in [0, 0.05) is 16.5 Å². The highest BCUT2D eigenvalue weighted by Gasteiger charge is 2.20. The van der Waals surface area contributed by atoms with Crippen molar-refractivity contribution in [3.8, 4) is 33.3 Å². The summed E-state index contributed by atoms with van der Waals surface area (Å²) in [5.74, 6) is 0.564. The lowest BCUT2D eigenvalue weighted by molar-refractivity contribution is 0.0702. The number of rotatable bonds is 4. The Labute approximate surface area is 162 Å². The summed E-state index contributed by atoms with van der Waals surface area (Å²) in [5.41, 5.74) is 2.66. The molecule has 5 nitrogen and oxygen atoms in total. The number of carboxylic acids is 1. The van der Waals surface area contributed by atoms with Crippen molar-refractivity contribution >= 4 is 40.4 Å². The fourth-order valence-corrected chi connectivity index (χ4v) is 5.33. The lowest BCUT2D eigenvalue weighted by atomic mass is 10.1. The largest absolute Gasteiger partial charge is 0.486 e. The number of aromatic nitrogens is 1. The van der Waals surface area contributed by atoms with E-state index in [9.17, 15) is 9.90 Å². The van der Waals surface area contributed by atoms with Crippen molar-refractivity contribution in [2.75, 3.05) is 12.9 Å². The molecule has 0 amide bonds. The van der Waals surface area contributed by atoms with E-state index in [1.54, 1.807) is 6.07 Å². The number of thiophene rings is 1. The summed E-state index contributed by atoms with van der Waals surface area (Å²) in [6, 6.07) is 7.50. The fraction of sp³-hybridized carbons (Fsp3) is 0.222. The zero-order valence-electron chi connectivity index (χ0n) is 14.0. The predicted octanol–water partition coefficient (Wildman–Crippen LogP) is 5.12. The van der Waals surface area contributed by atoms with Gasteiger partial charge in [-0.25, -0.2) is 9.78 Å². The Balaban J connectivity index is 1.68. The first-order chi connectivity index (χ1) is 12.5. The maximum absolute atomic E-state index is 11.3. The van der Waals surface area contributed by atoms with E-state index >= 15 is 0 Å². The van der Waals surface area contributed by atoms with Crippen molar-refractivity contribution < 1.29 is 19.4 Å². The molecule has 0 aliphatic carbocycles. The maximum atomic E-state index is 11.3. The molecule has 0 spiro atoms. The normalized spacial score (nSPS) is 15.8. The van der Waals surface area contributed by atoms with Gasteiger partial charge in [-0.1, -0.05) is 0 Å². The first-order valence-electron chi connectivity index (χ1n) is 7.86. The average molecular weight is 406 g/mol. The molecular formula is C18H15NO4S3. The summed E-state index contributed by atoms with van der Waals surface area (Å²) >= 11 is 4.32. The molecule has 4 rings (SSSR count). The third-order valence-corrected chi connectivity index (χ3v) is 7.00. The Morgan fingerprint density at radius 2 is 2.19 bits per heavy atom. The molecule has 3 aromatic rings. The third-order valence-electron chi connectivity index (χ3n) is 3.87. The summed E-state index contributed by atoms with van der Waals surface area (Å²) in [6.45, 7) is 2.50. The van der Waals surface area contributed by atoms with E-state index in [0.717, 1.165) is 37.5 Å². The average Bonchev–Trinajstić information content (AvgIpc) is 3.28. The van der Waals surface area contributed by atoms with Gasteiger partial charge in [0.1, 0.15) is 22.6 Å². The van der Waals surface area contributed by atoms with Crippen LogP contribution in [0.15, 0.2) is 33.9 Å². The zero-order chi connectivity index (χ0) is 18.3. The first-order valence-corrected chi connectivity index (χ1v) is 10.8. The molecule has 0 radical (unpaired) electrons. The van der Waals surface area contributed by atoms with Gasteiger partial charge in [-0.05, 0) is 37.4 Å². The monoisotopic (exact) mass is 405 g/mol. The van der Waals surface area contributed by atoms with Crippen LogP contribution in [0.1, 0.15) is 16.6 Å². The van der Waals surface area contributed by atoms with E-state index in [0.29, 0.717) is 11.5 Å². The quantitative estimate of drug-likeness (QED) is 0.608. The van der Waals surface area contributed by atoms with E-state index in [4.69, 9.17) is 14.5 Å². The van der Waals surface area contributed by atoms with Crippen molar-refractivity contribution in [2.24, 2.45) is 0 Å². The number of thiazole rings is 1. The van der Waals surface area contributed by atoms with Crippen LogP contribution < -0.4 is 9.47 Å². The Kier molecular flexibility index (Phi) is 4.64. The highest BCUT2D eigenvalue weighted by molar-refractivity contribution is 8.00. The minimum Gasteiger partial charge on any atom is -0.486 e. The minimum atomic E-state index is -0.908. The van der Waals surface area contributed by atoms with Crippen LogP contribution in [0.3, 0.4) is 0 Å². The Hall–Kier alpha value is -2.03. The first kappa shape index (κ1) is 17.4. The molecule has 134 valence electrons. The molecule has 1 aliphatic rings. The molecule has 1 aliphatic heterocycles. The number of hydrogen-bond donors (Lipinski definition) is 1. The lowest BCUT2D eigenvalue weighted by Gasteiger charge is -2.24. The van der Waals surface area contributed by atoms with E-state index in [1.807, 2.05) is 36.8 Å². The maximum Gasteiger partial charge on any atom is 0.345 e. The highest BCUT2D eigenvalue weighted by atomic mass is 32.2. The van der Waals surface area contributed by atoms with Crippen LogP contribution in [0.2, 0.25) is 0 Å². The van der Waals surface area contributed by atoms with Gasteiger partial charge >= 0.3 is 5.97 Å². The molecule has 1 atom stereocenters. The van der Waals surface area contributed by atoms with E-state index < -0.39 is 5.97 Å². The van der Waals surface area contributed by atoms with Gasteiger partial charge < -0.3 is 14.6 Å². The van der Waals surface area contributed by atoms with Crippen LogP contribution in [0.25, 0.3) is 21.8 Å². The van der Waals surface area contributed by atoms with Crippen LogP contribution in [-0.2, 0) is 0 Å². The molecule has 26 heavy (non-hydrogen) atoms. The van der Waals surface area contributed by atoms with Crippen molar-refractivity contribution in [1.29, 1.82) is 0 Å². The molecule has 2 aromatic heterocycles. The highest BCUT2D eigenvalue weighted by Crippen LogP contribution is 2.41. The second-order valence-electron chi connectivity index (χ2n) is 5.76. The standard InChI is InChI=1S/C18H15NO4S3/c1-9-7-22-14-5-10(3-4-13(14)23-9)12-8-25-16(19-12)11-6-15(17(20)21)26-18(11)24-2/h3-6,8-9H,7H2,1-2H3,(H,20,21). The van der Waals surface area contributed by atoms with E-state index in [1.165, 1.54) is 34.4 Å². The number of aromatic carboxylic acids is 1. The molecule has 0 saturated heterocycles. The van der Waals surface area contributed by atoms with Gasteiger partial charge in [-0.2, -0.15) is 0 Å². The molecule has 8 heteroatoms. The molecule has 0 bridgehead atoms. The van der Waals surface area contributed by atoms with Crippen molar-refractivity contribution in [3.05, 3.63) is 34.5 Å². The summed E-state index contributed by atoms with van der Waals surface area (Å²) in [4.78, 5) is 16.3. The molecule has 3 heterocycles. The van der Waals surface area contributed by atoms with Crippen LogP contribution in [0.5, 0.6) is 11.5 Å². The number of carbonyl (C=O) groups is 1. The number of ether oxygens (including phenoxy) is 2. The zero-order valence-corrected chi connectivity index (χ0v) is 16.5. The van der Waals surface area contributed by atoms with Crippen LogP contribution >= 0.6 is 34.4 Å². The predicted molar refractivity (Wildman–Crippen MR) is 105 cm³/mol. The second-order valence-corrected chi connectivity index (χ2v) is 8.75. The summed E-state index contributed by atoms with van der Waals surface area (Å²) in [5, 5.41) is 12.0. The Bertz CT molecular complexity index is 979. The van der Waals surface area contributed by atoms with Gasteiger partial charge in [0.25, 0.3) is 0 Å². The molecule has 1 unspecified atom stereocenters. The topological polar surface area (TPSA) is 68.7 Å². The number of carboxylic acid groups (broad SMARTS) is 1. The molecule has 0 saturated carbocycles. The number of hydrogen-bond acceptors (Lipinski definition) is 7. The summed E-state index contributed by atoms with van der Waals surface area (Å²) in [6.07, 6.45) is 1.99. The van der Waals surface area contributed by atoms with Gasteiger partial charge in [0.05, 0.1) is 9.90 Å². The third kappa shape index (κ3) is 3.20. The van der Waals surface area contributed by atoms with Crippen molar-refractivity contribution in [3.63, 3.8) is 0 Å². The summed E-state index contributed by atoms with van der Waals surface area (Å²) in [7, 11) is 0. The lowest BCUT2D eigenvalue weighted by Crippen LogP contribution is -2.25. The number of nitrogens with zero attached hydrogens (tertiary/aromatic N) is 1. The SMILES string of the molecule is CSc1sc(C(=O)O)cc1-c1nc(-c2ccc3c(c2)OCC(C)O3)cs1.